The van der Waals surface area contributed by atoms with Gasteiger partial charge in [0.05, 0.1) is 5.69 Å². The van der Waals surface area contributed by atoms with Crippen LogP contribution in [0.1, 0.15) is 19.8 Å². The molecule has 0 bridgehead atoms. The zero-order valence-corrected chi connectivity index (χ0v) is 9.04. The van der Waals surface area contributed by atoms with E-state index >= 15 is 0 Å². The van der Waals surface area contributed by atoms with Crippen molar-refractivity contribution in [3.8, 4) is 0 Å². The van der Waals surface area contributed by atoms with Crippen LogP contribution in [0.5, 0.6) is 0 Å². The lowest BCUT2D eigenvalue weighted by Crippen LogP contribution is -2.34. The minimum atomic E-state index is -0.205. The Labute approximate surface area is 89.9 Å². The number of nitrogen functional groups attached to an aromatic ring is 1. The van der Waals surface area contributed by atoms with Crippen LogP contribution in [0, 0.1) is 11.7 Å². The maximum atomic E-state index is 13.6. The van der Waals surface area contributed by atoms with Crippen LogP contribution in [-0.4, -0.2) is 13.1 Å². The number of hydrogen-bond acceptors (Lipinski definition) is 2. The van der Waals surface area contributed by atoms with Crippen LogP contribution >= 0.6 is 0 Å². The van der Waals surface area contributed by atoms with Crippen LogP contribution in [0.2, 0.25) is 0 Å². The molecule has 1 heterocycles. The molecule has 1 fully saturated rings. The van der Waals surface area contributed by atoms with Crippen LogP contribution in [-0.2, 0) is 0 Å². The van der Waals surface area contributed by atoms with Gasteiger partial charge in [-0.05, 0) is 37.0 Å². The van der Waals surface area contributed by atoms with Gasteiger partial charge in [0.2, 0.25) is 0 Å². The molecular weight excluding hydrogens is 191 g/mol. The summed E-state index contributed by atoms with van der Waals surface area (Å²) in [5, 5.41) is 0. The van der Waals surface area contributed by atoms with Crippen molar-refractivity contribution in [1.82, 2.24) is 0 Å². The SMILES string of the molecule is CC1CCCN(c2ccc(N)cc2F)C1. The topological polar surface area (TPSA) is 29.3 Å². The second-order valence-electron chi connectivity index (χ2n) is 4.40. The first kappa shape index (κ1) is 10.3. The molecule has 0 spiro atoms. The van der Waals surface area contributed by atoms with Gasteiger partial charge < -0.3 is 10.6 Å². The standard InChI is InChI=1S/C12H17FN2/c1-9-3-2-6-15(8-9)12-5-4-10(14)7-11(12)13/h4-5,7,9H,2-3,6,8,14H2,1H3. The Bertz CT molecular complexity index is 351. The second-order valence-corrected chi connectivity index (χ2v) is 4.40. The van der Waals surface area contributed by atoms with Crippen molar-refractivity contribution in [2.75, 3.05) is 23.7 Å². The first-order valence-corrected chi connectivity index (χ1v) is 5.47. The highest BCUT2D eigenvalue weighted by molar-refractivity contribution is 5.54. The summed E-state index contributed by atoms with van der Waals surface area (Å²) in [5.41, 5.74) is 6.70. The summed E-state index contributed by atoms with van der Waals surface area (Å²) in [6.45, 7) is 4.10. The van der Waals surface area contributed by atoms with Gasteiger partial charge in [-0.25, -0.2) is 4.39 Å². The van der Waals surface area contributed by atoms with Crippen LogP contribution in [0.4, 0.5) is 15.8 Å². The largest absolute Gasteiger partial charge is 0.399 e. The van der Waals surface area contributed by atoms with Crippen molar-refractivity contribution in [3.05, 3.63) is 24.0 Å². The molecule has 15 heavy (non-hydrogen) atoms. The van der Waals surface area contributed by atoms with E-state index in [1.807, 2.05) is 0 Å². The maximum absolute atomic E-state index is 13.6. The first-order chi connectivity index (χ1) is 7.16. The van der Waals surface area contributed by atoms with Crippen molar-refractivity contribution in [1.29, 1.82) is 0 Å². The fourth-order valence-corrected chi connectivity index (χ4v) is 2.19. The van der Waals surface area contributed by atoms with Crippen LogP contribution in [0.15, 0.2) is 18.2 Å². The fourth-order valence-electron chi connectivity index (χ4n) is 2.19. The predicted molar refractivity (Wildman–Crippen MR) is 61.4 cm³/mol. The van der Waals surface area contributed by atoms with Crippen LogP contribution < -0.4 is 10.6 Å². The molecule has 0 saturated carbocycles. The third-order valence-electron chi connectivity index (χ3n) is 2.97. The minimum absolute atomic E-state index is 0.205. The number of nitrogens with two attached hydrogens (primary N) is 1. The normalized spacial score (nSPS) is 21.7. The molecule has 1 unspecified atom stereocenters. The minimum Gasteiger partial charge on any atom is -0.399 e. The molecule has 1 aromatic rings. The average molecular weight is 208 g/mol. The highest BCUT2D eigenvalue weighted by Crippen LogP contribution is 2.26. The second kappa shape index (κ2) is 4.09. The van der Waals surface area contributed by atoms with Gasteiger partial charge in [0.25, 0.3) is 0 Å². The summed E-state index contributed by atoms with van der Waals surface area (Å²) in [7, 11) is 0. The van der Waals surface area contributed by atoms with Crippen LogP contribution in [0.25, 0.3) is 0 Å². The maximum Gasteiger partial charge on any atom is 0.148 e. The monoisotopic (exact) mass is 208 g/mol. The third-order valence-corrected chi connectivity index (χ3v) is 2.97. The number of halogens is 1. The van der Waals surface area contributed by atoms with Crippen molar-refractivity contribution in [3.63, 3.8) is 0 Å². The lowest BCUT2D eigenvalue weighted by molar-refractivity contribution is 0.442. The molecule has 2 rings (SSSR count). The Hall–Kier alpha value is -1.25. The van der Waals surface area contributed by atoms with E-state index in [1.165, 1.54) is 12.5 Å². The molecule has 0 radical (unpaired) electrons. The lowest BCUT2D eigenvalue weighted by atomic mass is 10.00. The quantitative estimate of drug-likeness (QED) is 0.719. The Morgan fingerprint density at radius 1 is 1.47 bits per heavy atom. The van der Waals surface area contributed by atoms with Crippen molar-refractivity contribution >= 4 is 11.4 Å². The highest BCUT2D eigenvalue weighted by atomic mass is 19.1. The van der Waals surface area contributed by atoms with Crippen molar-refractivity contribution < 1.29 is 4.39 Å². The molecule has 0 aromatic heterocycles. The smallest absolute Gasteiger partial charge is 0.148 e. The molecule has 2 N–H and O–H groups in total. The van der Waals surface area contributed by atoms with Crippen molar-refractivity contribution in [2.45, 2.75) is 19.8 Å². The van der Waals surface area contributed by atoms with E-state index in [0.717, 1.165) is 19.5 Å². The summed E-state index contributed by atoms with van der Waals surface area (Å²) in [4.78, 5) is 2.11. The summed E-state index contributed by atoms with van der Waals surface area (Å²) >= 11 is 0. The Morgan fingerprint density at radius 2 is 2.27 bits per heavy atom. The molecule has 82 valence electrons. The summed E-state index contributed by atoms with van der Waals surface area (Å²) in [5.74, 6) is 0.444. The van der Waals surface area contributed by atoms with E-state index in [1.54, 1.807) is 12.1 Å². The van der Waals surface area contributed by atoms with Gasteiger partial charge in [0, 0.05) is 18.8 Å². The van der Waals surface area contributed by atoms with Crippen molar-refractivity contribution in [2.24, 2.45) is 5.92 Å². The van der Waals surface area contributed by atoms with Gasteiger partial charge in [-0.1, -0.05) is 6.92 Å². The van der Waals surface area contributed by atoms with Gasteiger partial charge >= 0.3 is 0 Å². The Balaban J connectivity index is 2.21. The van der Waals surface area contributed by atoms with Gasteiger partial charge in [-0.3, -0.25) is 0 Å². The molecule has 0 aliphatic carbocycles. The zero-order chi connectivity index (χ0) is 10.8. The number of rotatable bonds is 1. The van der Waals surface area contributed by atoms with E-state index in [0.29, 0.717) is 17.3 Å². The summed E-state index contributed by atoms with van der Waals surface area (Å²) in [6, 6.07) is 4.94. The van der Waals surface area contributed by atoms with E-state index in [-0.39, 0.29) is 5.82 Å². The molecule has 3 heteroatoms. The average Bonchev–Trinajstić information content (AvgIpc) is 2.17. The predicted octanol–water partition coefficient (Wildman–Crippen LogP) is 2.64. The Morgan fingerprint density at radius 3 is 2.93 bits per heavy atom. The number of benzene rings is 1. The molecular formula is C12H17FN2. The van der Waals surface area contributed by atoms with E-state index < -0.39 is 0 Å². The number of anilines is 2. The molecule has 1 aliphatic rings. The van der Waals surface area contributed by atoms with Gasteiger partial charge in [0.15, 0.2) is 0 Å². The Kier molecular flexibility index (Phi) is 2.80. The number of hydrogen-bond donors (Lipinski definition) is 1. The van der Waals surface area contributed by atoms with Gasteiger partial charge in [-0.2, -0.15) is 0 Å². The lowest BCUT2D eigenvalue weighted by Gasteiger charge is -2.33. The van der Waals surface area contributed by atoms with Gasteiger partial charge in [-0.15, -0.1) is 0 Å². The third kappa shape index (κ3) is 2.22. The highest BCUT2D eigenvalue weighted by Gasteiger charge is 2.18. The fraction of sp³-hybridized carbons (Fsp3) is 0.500. The van der Waals surface area contributed by atoms with E-state index in [4.69, 9.17) is 5.73 Å². The summed E-state index contributed by atoms with van der Waals surface area (Å²) in [6.07, 6.45) is 2.39. The number of piperidine rings is 1. The van der Waals surface area contributed by atoms with E-state index in [9.17, 15) is 4.39 Å². The molecule has 2 nitrogen and oxygen atoms in total. The molecule has 1 aromatic carbocycles. The first-order valence-electron chi connectivity index (χ1n) is 5.47. The summed E-state index contributed by atoms with van der Waals surface area (Å²) < 4.78 is 13.6. The van der Waals surface area contributed by atoms with E-state index in [2.05, 4.69) is 11.8 Å². The molecule has 1 aliphatic heterocycles. The molecule has 0 amide bonds. The molecule has 1 atom stereocenters. The molecule has 1 saturated heterocycles. The van der Waals surface area contributed by atoms with Crippen LogP contribution in [0.3, 0.4) is 0 Å². The van der Waals surface area contributed by atoms with Gasteiger partial charge in [0.1, 0.15) is 5.82 Å². The zero-order valence-electron chi connectivity index (χ0n) is 9.04. The number of nitrogens with zero attached hydrogens (tertiary/aromatic N) is 1.